The van der Waals surface area contributed by atoms with Gasteiger partial charge in [0.1, 0.15) is 0 Å². The molecule has 1 saturated heterocycles. The third kappa shape index (κ3) is 2.76. The minimum Gasteiger partial charge on any atom is -0.379 e. The van der Waals surface area contributed by atoms with Crippen molar-refractivity contribution in [2.45, 2.75) is 12.5 Å². The molecule has 0 aromatic carbocycles. The van der Waals surface area contributed by atoms with Crippen LogP contribution in [-0.4, -0.2) is 30.1 Å². The van der Waals surface area contributed by atoms with Crippen LogP contribution < -0.4 is 5.32 Å². The molecular weight excluding hydrogens is 260 g/mol. The van der Waals surface area contributed by atoms with E-state index in [0.717, 1.165) is 17.5 Å². The van der Waals surface area contributed by atoms with Crippen LogP contribution in [0.15, 0.2) is 22.9 Å². The first-order valence-corrected chi connectivity index (χ1v) is 5.54. The highest BCUT2D eigenvalue weighted by atomic mass is 79.9. The van der Waals surface area contributed by atoms with Crippen LogP contribution in [0.3, 0.4) is 0 Å². The van der Waals surface area contributed by atoms with Crippen LogP contribution in [0.5, 0.6) is 0 Å². The minimum atomic E-state index is -0.0979. The maximum atomic E-state index is 11.7. The lowest BCUT2D eigenvalue weighted by atomic mass is 10.2. The Morgan fingerprint density at radius 2 is 2.47 bits per heavy atom. The number of hydrogen-bond acceptors (Lipinski definition) is 3. The van der Waals surface area contributed by atoms with Gasteiger partial charge in [-0.15, -0.1) is 0 Å². The van der Waals surface area contributed by atoms with Gasteiger partial charge in [-0.25, -0.2) is 0 Å². The molecule has 1 aliphatic rings. The lowest BCUT2D eigenvalue weighted by Crippen LogP contribution is -2.35. The van der Waals surface area contributed by atoms with Crippen molar-refractivity contribution in [3.05, 3.63) is 28.5 Å². The summed E-state index contributed by atoms with van der Waals surface area (Å²) in [4.78, 5) is 15.7. The highest BCUT2D eigenvalue weighted by Gasteiger charge is 2.18. The Morgan fingerprint density at radius 1 is 1.60 bits per heavy atom. The second kappa shape index (κ2) is 4.72. The van der Waals surface area contributed by atoms with Gasteiger partial charge in [0.05, 0.1) is 18.2 Å². The predicted octanol–water partition coefficient (Wildman–Crippen LogP) is 1.36. The van der Waals surface area contributed by atoms with E-state index < -0.39 is 0 Å². The Bertz CT molecular complexity index is 364. The number of amides is 1. The first-order chi connectivity index (χ1) is 7.25. The molecule has 0 spiro atoms. The normalized spacial score (nSPS) is 20.2. The van der Waals surface area contributed by atoms with E-state index in [1.54, 1.807) is 18.5 Å². The Morgan fingerprint density at radius 3 is 3.13 bits per heavy atom. The van der Waals surface area contributed by atoms with Crippen molar-refractivity contribution in [3.8, 4) is 0 Å². The first kappa shape index (κ1) is 10.6. The highest BCUT2D eigenvalue weighted by Crippen LogP contribution is 2.10. The molecule has 0 bridgehead atoms. The van der Waals surface area contributed by atoms with Crippen molar-refractivity contribution in [1.82, 2.24) is 10.3 Å². The molecule has 15 heavy (non-hydrogen) atoms. The van der Waals surface area contributed by atoms with Gasteiger partial charge >= 0.3 is 0 Å². The monoisotopic (exact) mass is 270 g/mol. The zero-order valence-electron chi connectivity index (χ0n) is 8.07. The van der Waals surface area contributed by atoms with Crippen LogP contribution in [-0.2, 0) is 4.74 Å². The summed E-state index contributed by atoms with van der Waals surface area (Å²) >= 11 is 3.28. The fraction of sp³-hybridized carbons (Fsp3) is 0.400. The van der Waals surface area contributed by atoms with E-state index in [4.69, 9.17) is 4.74 Å². The lowest BCUT2D eigenvalue weighted by Gasteiger charge is -2.10. The summed E-state index contributed by atoms with van der Waals surface area (Å²) in [6, 6.07) is 1.88. The molecule has 0 aliphatic carbocycles. The second-order valence-electron chi connectivity index (χ2n) is 3.43. The summed E-state index contributed by atoms with van der Waals surface area (Å²) in [5, 5.41) is 2.90. The molecule has 1 aromatic heterocycles. The van der Waals surface area contributed by atoms with Crippen molar-refractivity contribution >= 4 is 21.8 Å². The van der Waals surface area contributed by atoms with E-state index in [0.29, 0.717) is 12.2 Å². The molecule has 4 nitrogen and oxygen atoms in total. The van der Waals surface area contributed by atoms with Gasteiger partial charge in [0.25, 0.3) is 5.91 Å². The molecule has 0 saturated carbocycles. The molecule has 1 atom stereocenters. The van der Waals surface area contributed by atoms with Gasteiger partial charge in [-0.05, 0) is 28.4 Å². The van der Waals surface area contributed by atoms with Crippen LogP contribution >= 0.6 is 15.9 Å². The molecule has 5 heteroatoms. The SMILES string of the molecule is O=C(NC1CCOC1)c1cncc(Br)c1. The van der Waals surface area contributed by atoms with E-state index in [9.17, 15) is 4.79 Å². The summed E-state index contributed by atoms with van der Waals surface area (Å²) in [5.74, 6) is -0.0979. The van der Waals surface area contributed by atoms with Crippen LogP contribution in [0.4, 0.5) is 0 Å². The Labute approximate surface area is 96.2 Å². The van der Waals surface area contributed by atoms with E-state index in [-0.39, 0.29) is 11.9 Å². The quantitative estimate of drug-likeness (QED) is 0.883. The summed E-state index contributed by atoms with van der Waals surface area (Å²) in [5.41, 5.74) is 0.566. The fourth-order valence-corrected chi connectivity index (χ4v) is 1.82. The molecule has 1 amide bonds. The molecule has 0 radical (unpaired) electrons. The zero-order valence-corrected chi connectivity index (χ0v) is 9.66. The standard InChI is InChI=1S/C10H11BrN2O2/c11-8-3-7(4-12-5-8)10(14)13-9-1-2-15-6-9/h3-5,9H,1-2,6H2,(H,13,14). The van der Waals surface area contributed by atoms with Crippen LogP contribution in [0.2, 0.25) is 0 Å². The van der Waals surface area contributed by atoms with Gasteiger partial charge in [-0.1, -0.05) is 0 Å². The molecular formula is C10H11BrN2O2. The van der Waals surface area contributed by atoms with Crippen molar-refractivity contribution in [2.75, 3.05) is 13.2 Å². The molecule has 1 N–H and O–H groups in total. The number of halogens is 1. The van der Waals surface area contributed by atoms with E-state index in [1.807, 2.05) is 0 Å². The van der Waals surface area contributed by atoms with Crippen molar-refractivity contribution in [2.24, 2.45) is 0 Å². The van der Waals surface area contributed by atoms with Crippen LogP contribution in [0.25, 0.3) is 0 Å². The fourth-order valence-electron chi connectivity index (χ4n) is 1.45. The number of hydrogen-bond donors (Lipinski definition) is 1. The Hall–Kier alpha value is -0.940. The maximum absolute atomic E-state index is 11.7. The number of nitrogens with one attached hydrogen (secondary N) is 1. The molecule has 2 rings (SSSR count). The number of carbonyl (C=O) groups is 1. The van der Waals surface area contributed by atoms with Gasteiger partial charge in [0, 0.05) is 23.5 Å². The molecule has 1 aromatic rings. The maximum Gasteiger partial charge on any atom is 0.253 e. The summed E-state index contributed by atoms with van der Waals surface area (Å²) in [6.07, 6.45) is 4.08. The Kier molecular flexibility index (Phi) is 3.33. The molecule has 1 fully saturated rings. The number of ether oxygens (including phenoxy) is 1. The summed E-state index contributed by atoms with van der Waals surface area (Å²) in [6.45, 7) is 1.33. The Balaban J connectivity index is 2.01. The highest BCUT2D eigenvalue weighted by molar-refractivity contribution is 9.10. The predicted molar refractivity (Wildman–Crippen MR) is 58.6 cm³/mol. The van der Waals surface area contributed by atoms with Crippen molar-refractivity contribution in [1.29, 1.82) is 0 Å². The van der Waals surface area contributed by atoms with Gasteiger partial charge in [0.2, 0.25) is 0 Å². The largest absolute Gasteiger partial charge is 0.379 e. The smallest absolute Gasteiger partial charge is 0.253 e. The lowest BCUT2D eigenvalue weighted by molar-refractivity contribution is 0.0929. The van der Waals surface area contributed by atoms with Crippen molar-refractivity contribution in [3.63, 3.8) is 0 Å². The average molecular weight is 271 g/mol. The van der Waals surface area contributed by atoms with E-state index >= 15 is 0 Å². The van der Waals surface area contributed by atoms with E-state index in [2.05, 4.69) is 26.2 Å². The number of nitrogens with zero attached hydrogens (tertiary/aromatic N) is 1. The second-order valence-corrected chi connectivity index (χ2v) is 4.34. The number of aromatic nitrogens is 1. The zero-order chi connectivity index (χ0) is 10.7. The van der Waals surface area contributed by atoms with Crippen LogP contribution in [0, 0.1) is 0 Å². The summed E-state index contributed by atoms with van der Waals surface area (Å²) < 4.78 is 5.98. The van der Waals surface area contributed by atoms with E-state index in [1.165, 1.54) is 0 Å². The third-order valence-corrected chi connectivity index (χ3v) is 2.67. The molecule has 80 valence electrons. The summed E-state index contributed by atoms with van der Waals surface area (Å²) in [7, 11) is 0. The third-order valence-electron chi connectivity index (χ3n) is 2.23. The van der Waals surface area contributed by atoms with Gasteiger partial charge in [-0.3, -0.25) is 9.78 Å². The minimum absolute atomic E-state index is 0.0979. The molecule has 1 aliphatic heterocycles. The van der Waals surface area contributed by atoms with Gasteiger partial charge in [-0.2, -0.15) is 0 Å². The van der Waals surface area contributed by atoms with Gasteiger partial charge < -0.3 is 10.1 Å². The van der Waals surface area contributed by atoms with Gasteiger partial charge in [0.15, 0.2) is 0 Å². The first-order valence-electron chi connectivity index (χ1n) is 4.75. The number of pyridine rings is 1. The average Bonchev–Trinajstić information content (AvgIpc) is 2.70. The number of carbonyl (C=O) groups excluding carboxylic acids is 1. The van der Waals surface area contributed by atoms with Crippen LogP contribution in [0.1, 0.15) is 16.8 Å². The number of rotatable bonds is 2. The van der Waals surface area contributed by atoms with Crippen molar-refractivity contribution < 1.29 is 9.53 Å². The topological polar surface area (TPSA) is 51.2 Å². The molecule has 1 unspecified atom stereocenters. The molecule has 2 heterocycles.